The number of para-hydroxylation sites is 1. The van der Waals surface area contributed by atoms with Crippen LogP contribution in [0, 0.1) is 0 Å². The number of carbonyl (C=O) groups excluding carboxylic acids is 1. The Labute approximate surface area is 134 Å². The summed E-state index contributed by atoms with van der Waals surface area (Å²) in [7, 11) is -3.73. The lowest BCUT2D eigenvalue weighted by molar-refractivity contribution is -0.118. The minimum Gasteiger partial charge on any atom is -0.482 e. The molecule has 0 aliphatic carbocycles. The molecule has 0 unspecified atom stereocenters. The molecule has 6 nitrogen and oxygen atoms in total. The number of nitrogens with one attached hydrogen (secondary N) is 1. The van der Waals surface area contributed by atoms with Gasteiger partial charge in [0.25, 0.3) is 15.9 Å². The van der Waals surface area contributed by atoms with Crippen LogP contribution in [0.25, 0.3) is 0 Å². The lowest BCUT2D eigenvalue weighted by atomic mass is 10.2. The van der Waals surface area contributed by atoms with Crippen molar-refractivity contribution in [3.05, 3.63) is 48.5 Å². The van der Waals surface area contributed by atoms with Crippen molar-refractivity contribution in [2.45, 2.75) is 11.8 Å². The summed E-state index contributed by atoms with van der Waals surface area (Å²) in [6.45, 7) is 2.00. The highest BCUT2D eigenvalue weighted by molar-refractivity contribution is 7.92. The molecule has 2 aromatic carbocycles. The molecule has 23 heavy (non-hydrogen) atoms. The molecule has 2 aromatic rings. The molecule has 1 aliphatic heterocycles. The van der Waals surface area contributed by atoms with E-state index in [1.807, 2.05) is 6.07 Å². The molecular formula is C16H16N2O4S. The molecule has 120 valence electrons. The fourth-order valence-corrected chi connectivity index (χ4v) is 3.94. The predicted octanol–water partition coefficient (Wildman–Crippen LogP) is 2.23. The van der Waals surface area contributed by atoms with E-state index in [9.17, 15) is 13.2 Å². The van der Waals surface area contributed by atoms with Gasteiger partial charge in [-0.3, -0.25) is 9.10 Å². The van der Waals surface area contributed by atoms with Gasteiger partial charge in [-0.25, -0.2) is 8.42 Å². The highest BCUT2D eigenvalue weighted by atomic mass is 32.2. The molecule has 0 radical (unpaired) electrons. The summed E-state index contributed by atoms with van der Waals surface area (Å²) in [4.78, 5) is 11.5. The van der Waals surface area contributed by atoms with Gasteiger partial charge in [0.05, 0.1) is 16.3 Å². The molecule has 1 amide bonds. The third-order valence-electron chi connectivity index (χ3n) is 3.50. The lowest BCUT2D eigenvalue weighted by Crippen LogP contribution is -2.31. The molecule has 0 saturated heterocycles. The van der Waals surface area contributed by atoms with E-state index < -0.39 is 10.0 Å². The summed E-state index contributed by atoms with van der Waals surface area (Å²) >= 11 is 0. The van der Waals surface area contributed by atoms with Crippen LogP contribution in [0.2, 0.25) is 0 Å². The van der Waals surface area contributed by atoms with E-state index >= 15 is 0 Å². The van der Waals surface area contributed by atoms with Crippen molar-refractivity contribution in [3.63, 3.8) is 0 Å². The number of nitrogens with zero attached hydrogens (tertiary/aromatic N) is 1. The van der Waals surface area contributed by atoms with Crippen LogP contribution in [0.4, 0.5) is 11.4 Å². The van der Waals surface area contributed by atoms with Gasteiger partial charge in [-0.05, 0) is 37.3 Å². The third-order valence-corrected chi connectivity index (χ3v) is 5.40. The van der Waals surface area contributed by atoms with E-state index in [1.54, 1.807) is 37.3 Å². The smallest absolute Gasteiger partial charge is 0.264 e. The molecule has 0 saturated carbocycles. The summed E-state index contributed by atoms with van der Waals surface area (Å²) in [5, 5.41) is 2.62. The fraction of sp³-hybridized carbons (Fsp3) is 0.188. The van der Waals surface area contributed by atoms with Crippen molar-refractivity contribution < 1.29 is 17.9 Å². The maximum absolute atomic E-state index is 12.9. The van der Waals surface area contributed by atoms with Gasteiger partial charge in [-0.2, -0.15) is 0 Å². The van der Waals surface area contributed by atoms with E-state index in [0.717, 1.165) is 0 Å². The van der Waals surface area contributed by atoms with E-state index in [0.29, 0.717) is 23.7 Å². The van der Waals surface area contributed by atoms with Crippen LogP contribution in [0.3, 0.4) is 0 Å². The molecule has 0 spiro atoms. The van der Waals surface area contributed by atoms with Crippen molar-refractivity contribution in [1.82, 2.24) is 0 Å². The second-order valence-corrected chi connectivity index (χ2v) is 6.86. The van der Waals surface area contributed by atoms with E-state index in [-0.39, 0.29) is 17.4 Å². The predicted molar refractivity (Wildman–Crippen MR) is 87.2 cm³/mol. The summed E-state index contributed by atoms with van der Waals surface area (Å²) in [6, 6.07) is 13.3. The minimum atomic E-state index is -3.73. The Morgan fingerprint density at radius 1 is 1.17 bits per heavy atom. The van der Waals surface area contributed by atoms with E-state index in [2.05, 4.69) is 5.32 Å². The Hall–Kier alpha value is -2.54. The molecule has 0 fully saturated rings. The Kier molecular flexibility index (Phi) is 3.96. The molecule has 3 rings (SSSR count). The Balaban J connectivity index is 2.02. The summed E-state index contributed by atoms with van der Waals surface area (Å²) in [5.41, 5.74) is 0.958. The van der Waals surface area contributed by atoms with Gasteiger partial charge in [-0.1, -0.05) is 18.2 Å². The Bertz CT molecular complexity index is 834. The van der Waals surface area contributed by atoms with Crippen LogP contribution >= 0.6 is 0 Å². The first-order valence-corrected chi connectivity index (χ1v) is 8.61. The van der Waals surface area contributed by atoms with Gasteiger partial charge in [0.1, 0.15) is 5.75 Å². The zero-order valence-corrected chi connectivity index (χ0v) is 13.3. The number of hydrogen-bond acceptors (Lipinski definition) is 4. The topological polar surface area (TPSA) is 75.7 Å². The highest BCUT2D eigenvalue weighted by Gasteiger charge is 2.26. The van der Waals surface area contributed by atoms with Crippen LogP contribution in [0.15, 0.2) is 53.4 Å². The average Bonchev–Trinajstić information content (AvgIpc) is 2.55. The second kappa shape index (κ2) is 5.92. The van der Waals surface area contributed by atoms with Crippen LogP contribution in [0.5, 0.6) is 5.75 Å². The Morgan fingerprint density at radius 3 is 2.61 bits per heavy atom. The zero-order chi connectivity index (χ0) is 16.4. The summed E-state index contributed by atoms with van der Waals surface area (Å²) in [5.74, 6) is 0.161. The molecule has 1 heterocycles. The zero-order valence-electron chi connectivity index (χ0n) is 12.5. The Morgan fingerprint density at radius 2 is 1.91 bits per heavy atom. The first kappa shape index (κ1) is 15.4. The van der Waals surface area contributed by atoms with Crippen molar-refractivity contribution in [2.75, 3.05) is 22.8 Å². The van der Waals surface area contributed by atoms with Crippen molar-refractivity contribution in [1.29, 1.82) is 0 Å². The quantitative estimate of drug-likeness (QED) is 0.931. The van der Waals surface area contributed by atoms with Crippen LogP contribution in [-0.2, 0) is 14.8 Å². The first-order chi connectivity index (χ1) is 11.0. The molecule has 7 heteroatoms. The van der Waals surface area contributed by atoms with Gasteiger partial charge in [0, 0.05) is 6.54 Å². The van der Waals surface area contributed by atoms with Gasteiger partial charge >= 0.3 is 0 Å². The maximum atomic E-state index is 12.9. The molecule has 0 bridgehead atoms. The number of carbonyl (C=O) groups is 1. The van der Waals surface area contributed by atoms with Crippen LogP contribution in [-0.4, -0.2) is 27.5 Å². The molecule has 1 aliphatic rings. The number of sulfonamides is 1. The monoisotopic (exact) mass is 332 g/mol. The van der Waals surface area contributed by atoms with Gasteiger partial charge in [0.15, 0.2) is 6.61 Å². The van der Waals surface area contributed by atoms with Gasteiger partial charge in [0.2, 0.25) is 0 Å². The highest BCUT2D eigenvalue weighted by Crippen LogP contribution is 2.32. The number of benzene rings is 2. The number of anilines is 2. The van der Waals surface area contributed by atoms with Crippen LogP contribution < -0.4 is 14.4 Å². The molecule has 0 atom stereocenters. The van der Waals surface area contributed by atoms with Crippen LogP contribution in [0.1, 0.15) is 6.92 Å². The van der Waals surface area contributed by atoms with E-state index in [4.69, 9.17) is 4.74 Å². The van der Waals surface area contributed by atoms with Crippen molar-refractivity contribution in [3.8, 4) is 5.75 Å². The first-order valence-electron chi connectivity index (χ1n) is 7.17. The van der Waals surface area contributed by atoms with E-state index in [1.165, 1.54) is 16.4 Å². The van der Waals surface area contributed by atoms with Crippen molar-refractivity contribution in [2.24, 2.45) is 0 Å². The molecule has 0 aromatic heterocycles. The summed E-state index contributed by atoms with van der Waals surface area (Å²) in [6.07, 6.45) is 0. The van der Waals surface area contributed by atoms with Gasteiger partial charge in [-0.15, -0.1) is 0 Å². The minimum absolute atomic E-state index is 0.0653. The fourth-order valence-electron chi connectivity index (χ4n) is 2.44. The number of hydrogen-bond donors (Lipinski definition) is 1. The number of fused-ring (bicyclic) bond motifs is 1. The largest absolute Gasteiger partial charge is 0.482 e. The standard InChI is InChI=1S/C16H16N2O4S/c1-2-18(12-6-4-3-5-7-12)23(20,21)13-8-9-15-14(10-13)17-16(19)11-22-15/h3-10H,2,11H2,1H3,(H,17,19). The maximum Gasteiger partial charge on any atom is 0.264 e. The van der Waals surface area contributed by atoms with Gasteiger partial charge < -0.3 is 10.1 Å². The third kappa shape index (κ3) is 2.87. The average molecular weight is 332 g/mol. The summed E-state index contributed by atoms with van der Waals surface area (Å²) < 4.78 is 32.4. The number of rotatable bonds is 4. The SMILES string of the molecule is CCN(c1ccccc1)S(=O)(=O)c1ccc2c(c1)NC(=O)CO2. The normalized spacial score (nSPS) is 13.7. The molecule has 1 N–H and O–H groups in total. The number of amides is 1. The second-order valence-electron chi connectivity index (χ2n) is 5.00. The number of ether oxygens (including phenoxy) is 1. The van der Waals surface area contributed by atoms with Crippen molar-refractivity contribution >= 4 is 27.3 Å². The molecular weight excluding hydrogens is 316 g/mol. The lowest BCUT2D eigenvalue weighted by Gasteiger charge is -2.24.